The van der Waals surface area contributed by atoms with Crippen molar-refractivity contribution < 1.29 is 14.1 Å². The van der Waals surface area contributed by atoms with Gasteiger partial charge in [0.25, 0.3) is 5.69 Å². The smallest absolute Gasteiger partial charge is 0.271 e. The van der Waals surface area contributed by atoms with Gasteiger partial charge in [-0.3, -0.25) is 14.9 Å². The number of carbonyl (C=O) groups is 1. The Morgan fingerprint density at radius 2 is 2.00 bits per heavy atom. The molecule has 0 aliphatic rings. The number of hydrogen-bond acceptors (Lipinski definition) is 7. The lowest BCUT2D eigenvalue weighted by Crippen LogP contribution is -2.14. The fourth-order valence-corrected chi connectivity index (χ4v) is 4.80. The lowest BCUT2D eigenvalue weighted by atomic mass is 10.1. The summed E-state index contributed by atoms with van der Waals surface area (Å²) in [7, 11) is 0. The van der Waals surface area contributed by atoms with Crippen molar-refractivity contribution in [2.24, 2.45) is 0 Å². The van der Waals surface area contributed by atoms with Crippen LogP contribution in [0.3, 0.4) is 0 Å². The van der Waals surface area contributed by atoms with Gasteiger partial charge in [0.1, 0.15) is 22.0 Å². The van der Waals surface area contributed by atoms with Crippen molar-refractivity contribution in [3.8, 4) is 11.1 Å². The molecule has 0 aliphatic heterocycles. The molecule has 2 aromatic heterocycles. The Kier molecular flexibility index (Phi) is 6.12. The van der Waals surface area contributed by atoms with Crippen molar-refractivity contribution >= 4 is 62.2 Å². The van der Waals surface area contributed by atoms with E-state index in [0.29, 0.717) is 5.03 Å². The summed E-state index contributed by atoms with van der Waals surface area (Å²) in [5, 5.41) is 17.0. The van der Waals surface area contributed by atoms with E-state index in [-0.39, 0.29) is 28.0 Å². The Hall–Kier alpha value is -3.08. The number of fused-ring (bicyclic) bond motifs is 1. The van der Waals surface area contributed by atoms with Crippen LogP contribution >= 0.6 is 34.7 Å². The van der Waals surface area contributed by atoms with Crippen molar-refractivity contribution in [3.63, 3.8) is 0 Å². The second kappa shape index (κ2) is 8.96. The number of thiophene rings is 1. The minimum Gasteiger partial charge on any atom is -0.324 e. The zero-order valence-corrected chi connectivity index (χ0v) is 17.9. The fraction of sp³-hybridized carbons (Fsp3) is 0.0500. The fourth-order valence-electron chi connectivity index (χ4n) is 2.84. The van der Waals surface area contributed by atoms with Gasteiger partial charge in [-0.15, -0.1) is 11.3 Å². The standard InChI is InChI=1S/C20H12ClFN4O3S2/c21-15-6-5-13(26(28)29)7-16(15)25-17(27)9-31-20-18-14(8-30-19(18)23-10-24-20)11-1-3-12(22)4-2-11/h1-8,10H,9H2,(H,25,27). The molecular weight excluding hydrogens is 463 g/mol. The number of thioether (sulfide) groups is 1. The summed E-state index contributed by atoms with van der Waals surface area (Å²) in [6.07, 6.45) is 1.42. The van der Waals surface area contributed by atoms with Gasteiger partial charge in [-0.1, -0.05) is 35.5 Å². The number of nitrogens with zero attached hydrogens (tertiary/aromatic N) is 3. The molecule has 4 aromatic rings. The number of nitro groups is 1. The van der Waals surface area contributed by atoms with Crippen LogP contribution in [-0.4, -0.2) is 26.6 Å². The average Bonchev–Trinajstić information content (AvgIpc) is 3.19. The highest BCUT2D eigenvalue weighted by Crippen LogP contribution is 2.38. The molecule has 0 fully saturated rings. The molecule has 7 nitrogen and oxygen atoms in total. The van der Waals surface area contributed by atoms with Gasteiger partial charge < -0.3 is 5.32 Å². The lowest BCUT2D eigenvalue weighted by molar-refractivity contribution is -0.384. The molecule has 4 rings (SSSR count). The zero-order chi connectivity index (χ0) is 22.0. The van der Waals surface area contributed by atoms with Gasteiger partial charge in [-0.05, 0) is 23.8 Å². The summed E-state index contributed by atoms with van der Waals surface area (Å²) < 4.78 is 13.3. The topological polar surface area (TPSA) is 98.0 Å². The molecule has 1 amide bonds. The first-order chi connectivity index (χ1) is 14.9. The van der Waals surface area contributed by atoms with Crippen LogP contribution in [0.2, 0.25) is 5.02 Å². The Morgan fingerprint density at radius 1 is 1.23 bits per heavy atom. The van der Waals surface area contributed by atoms with E-state index in [1.54, 1.807) is 12.1 Å². The highest BCUT2D eigenvalue weighted by atomic mass is 35.5. The van der Waals surface area contributed by atoms with Crippen LogP contribution in [-0.2, 0) is 4.79 Å². The van der Waals surface area contributed by atoms with E-state index in [4.69, 9.17) is 11.6 Å². The molecular formula is C20H12ClFN4O3S2. The van der Waals surface area contributed by atoms with Crippen molar-refractivity contribution in [2.45, 2.75) is 5.03 Å². The van der Waals surface area contributed by atoms with Crippen molar-refractivity contribution in [2.75, 3.05) is 11.1 Å². The predicted octanol–water partition coefficient (Wildman–Crippen LogP) is 5.79. The third-order valence-electron chi connectivity index (χ3n) is 4.27. The molecule has 0 unspecified atom stereocenters. The molecule has 0 saturated carbocycles. The first kappa shape index (κ1) is 21.2. The summed E-state index contributed by atoms with van der Waals surface area (Å²) in [5.74, 6) is -0.715. The summed E-state index contributed by atoms with van der Waals surface area (Å²) in [6.45, 7) is 0. The first-order valence-corrected chi connectivity index (χ1v) is 11.0. The molecule has 1 N–H and O–H groups in total. The van der Waals surface area contributed by atoms with Crippen LogP contribution < -0.4 is 5.32 Å². The second-order valence-corrected chi connectivity index (χ2v) is 8.50. The van der Waals surface area contributed by atoms with Crippen LogP contribution in [0.15, 0.2) is 59.2 Å². The maximum Gasteiger partial charge on any atom is 0.271 e. The van der Waals surface area contributed by atoms with E-state index < -0.39 is 10.8 Å². The van der Waals surface area contributed by atoms with E-state index >= 15 is 0 Å². The van der Waals surface area contributed by atoms with Crippen molar-refractivity contribution in [1.82, 2.24) is 9.97 Å². The number of amides is 1. The normalized spacial score (nSPS) is 10.9. The van der Waals surface area contributed by atoms with Crippen LogP contribution in [0.25, 0.3) is 21.3 Å². The number of halogens is 2. The Balaban J connectivity index is 1.55. The molecule has 0 spiro atoms. The highest BCUT2D eigenvalue weighted by Gasteiger charge is 2.16. The number of non-ortho nitro benzene ring substituents is 1. The summed E-state index contributed by atoms with van der Waals surface area (Å²) in [5.41, 5.74) is 1.66. The molecule has 11 heteroatoms. The molecule has 0 bridgehead atoms. The van der Waals surface area contributed by atoms with Crippen LogP contribution in [0.4, 0.5) is 15.8 Å². The minimum absolute atomic E-state index is 0.00381. The number of rotatable bonds is 6. The van der Waals surface area contributed by atoms with E-state index in [9.17, 15) is 19.3 Å². The third-order valence-corrected chi connectivity index (χ3v) is 6.47. The van der Waals surface area contributed by atoms with Crippen LogP contribution in [0.5, 0.6) is 0 Å². The van der Waals surface area contributed by atoms with Gasteiger partial charge >= 0.3 is 0 Å². The summed E-state index contributed by atoms with van der Waals surface area (Å²) in [4.78, 5) is 32.1. The SMILES string of the molecule is O=C(CSc1ncnc2scc(-c3ccc(F)cc3)c12)Nc1cc([N+](=O)[O-])ccc1Cl. The van der Waals surface area contributed by atoms with Gasteiger partial charge in [0, 0.05) is 23.1 Å². The molecule has 0 aliphatic carbocycles. The molecule has 2 aromatic carbocycles. The largest absolute Gasteiger partial charge is 0.324 e. The Bertz CT molecular complexity index is 1300. The molecule has 0 saturated heterocycles. The van der Waals surface area contributed by atoms with E-state index in [1.807, 2.05) is 5.38 Å². The van der Waals surface area contributed by atoms with Gasteiger partial charge in [0.05, 0.1) is 26.8 Å². The second-order valence-electron chi connectivity index (χ2n) is 6.27. The first-order valence-electron chi connectivity index (χ1n) is 8.77. The number of carbonyl (C=O) groups excluding carboxylic acids is 1. The van der Waals surface area contributed by atoms with Gasteiger partial charge in [-0.2, -0.15) is 0 Å². The number of nitro benzene ring substituents is 1. The number of nitrogens with one attached hydrogen (secondary N) is 1. The molecule has 0 radical (unpaired) electrons. The lowest BCUT2D eigenvalue weighted by Gasteiger charge is -2.08. The van der Waals surface area contributed by atoms with Crippen molar-refractivity contribution in [1.29, 1.82) is 0 Å². The van der Waals surface area contributed by atoms with Crippen LogP contribution in [0, 0.1) is 15.9 Å². The van der Waals surface area contributed by atoms with Gasteiger partial charge in [0.2, 0.25) is 5.91 Å². The number of hydrogen-bond donors (Lipinski definition) is 1. The molecule has 0 atom stereocenters. The molecule has 156 valence electrons. The number of benzene rings is 2. The van der Waals surface area contributed by atoms with Crippen LogP contribution in [0.1, 0.15) is 0 Å². The average molecular weight is 475 g/mol. The third kappa shape index (κ3) is 4.66. The highest BCUT2D eigenvalue weighted by molar-refractivity contribution is 8.00. The van der Waals surface area contributed by atoms with Crippen molar-refractivity contribution in [3.05, 3.63) is 75.1 Å². The number of aromatic nitrogens is 2. The number of anilines is 1. The van der Waals surface area contributed by atoms with E-state index in [2.05, 4.69) is 15.3 Å². The van der Waals surface area contributed by atoms with E-state index in [1.165, 1.54) is 59.8 Å². The quantitative estimate of drug-likeness (QED) is 0.164. The maximum atomic E-state index is 13.3. The summed E-state index contributed by atoms with van der Waals surface area (Å²) >= 11 is 8.67. The Morgan fingerprint density at radius 3 is 2.74 bits per heavy atom. The minimum atomic E-state index is -0.564. The van der Waals surface area contributed by atoms with Gasteiger partial charge in [-0.25, -0.2) is 14.4 Å². The maximum absolute atomic E-state index is 13.3. The monoisotopic (exact) mass is 474 g/mol. The zero-order valence-electron chi connectivity index (χ0n) is 15.5. The van der Waals surface area contributed by atoms with E-state index in [0.717, 1.165) is 21.3 Å². The van der Waals surface area contributed by atoms with Gasteiger partial charge in [0.15, 0.2) is 0 Å². The summed E-state index contributed by atoms with van der Waals surface area (Å²) in [6, 6.07) is 9.94. The molecule has 2 heterocycles. The predicted molar refractivity (Wildman–Crippen MR) is 120 cm³/mol. The molecule has 31 heavy (non-hydrogen) atoms. The Labute approximate surface area is 188 Å².